The molecule has 0 heterocycles. The third-order valence-corrected chi connectivity index (χ3v) is 3.88. The molecule has 0 bridgehead atoms. The van der Waals surface area contributed by atoms with Crippen molar-refractivity contribution >= 4 is 34.8 Å². The molecule has 3 rings (SSSR count). The van der Waals surface area contributed by atoms with Crippen LogP contribution in [0.4, 0.5) is 11.4 Å². The molecule has 0 unspecified atom stereocenters. The van der Waals surface area contributed by atoms with Crippen molar-refractivity contribution in [3.05, 3.63) is 89.4 Å². The van der Waals surface area contributed by atoms with E-state index >= 15 is 0 Å². The zero-order valence-corrected chi connectivity index (χ0v) is 15.1. The van der Waals surface area contributed by atoms with Gasteiger partial charge < -0.3 is 15.4 Å². The number of carbonyl (C=O) groups excluding carboxylic acids is 2. The molecular weight excluding hydrogens is 364 g/mol. The summed E-state index contributed by atoms with van der Waals surface area (Å²) in [6, 6.07) is 22.6. The number of nitrogens with one attached hydrogen (secondary N) is 2. The van der Waals surface area contributed by atoms with Crippen LogP contribution in [0, 0.1) is 0 Å². The second-order valence-corrected chi connectivity index (χ2v) is 6.13. The standard InChI is InChI=1S/C21H17ClN2O3/c22-16-9-11-19(12-10-16)27-14-20(25)23-17-7-4-8-18(13-17)24-21(26)15-5-2-1-3-6-15/h1-13H,14H2,(H,23,25)(H,24,26). The Morgan fingerprint density at radius 2 is 1.48 bits per heavy atom. The summed E-state index contributed by atoms with van der Waals surface area (Å²) in [4.78, 5) is 24.3. The van der Waals surface area contributed by atoms with Crippen molar-refractivity contribution in [3.8, 4) is 5.75 Å². The number of rotatable bonds is 6. The van der Waals surface area contributed by atoms with Gasteiger partial charge >= 0.3 is 0 Å². The molecule has 5 nitrogen and oxygen atoms in total. The summed E-state index contributed by atoms with van der Waals surface area (Å²) in [6.45, 7) is -0.137. The average molecular weight is 381 g/mol. The zero-order chi connectivity index (χ0) is 19.1. The maximum atomic E-state index is 12.2. The first-order valence-corrected chi connectivity index (χ1v) is 8.62. The Kier molecular flexibility index (Phi) is 6.07. The fourth-order valence-corrected chi connectivity index (χ4v) is 2.47. The molecule has 0 saturated carbocycles. The second kappa shape index (κ2) is 8.87. The summed E-state index contributed by atoms with van der Waals surface area (Å²) < 4.78 is 5.41. The van der Waals surface area contributed by atoms with Gasteiger partial charge in [-0.25, -0.2) is 0 Å². The summed E-state index contributed by atoms with van der Waals surface area (Å²) in [5, 5.41) is 6.13. The van der Waals surface area contributed by atoms with E-state index in [1.807, 2.05) is 6.07 Å². The number of hydrogen-bond acceptors (Lipinski definition) is 3. The van der Waals surface area contributed by atoms with Crippen molar-refractivity contribution in [1.29, 1.82) is 0 Å². The van der Waals surface area contributed by atoms with Gasteiger partial charge in [0.2, 0.25) is 0 Å². The van der Waals surface area contributed by atoms with Gasteiger partial charge in [-0.2, -0.15) is 0 Å². The minimum atomic E-state index is -0.309. The second-order valence-electron chi connectivity index (χ2n) is 5.69. The van der Waals surface area contributed by atoms with E-state index in [0.29, 0.717) is 27.7 Å². The van der Waals surface area contributed by atoms with Crippen LogP contribution in [0.25, 0.3) is 0 Å². The molecule has 0 aromatic heterocycles. The van der Waals surface area contributed by atoms with Crippen molar-refractivity contribution in [1.82, 2.24) is 0 Å². The SMILES string of the molecule is O=C(COc1ccc(Cl)cc1)Nc1cccc(NC(=O)c2ccccc2)c1. The molecule has 2 amide bonds. The number of amides is 2. The smallest absolute Gasteiger partial charge is 0.262 e. The molecule has 0 spiro atoms. The van der Waals surface area contributed by atoms with Crippen molar-refractivity contribution in [2.75, 3.05) is 17.2 Å². The summed E-state index contributed by atoms with van der Waals surface area (Å²) in [5.74, 6) is 0.0278. The Morgan fingerprint density at radius 1 is 0.815 bits per heavy atom. The quantitative estimate of drug-likeness (QED) is 0.656. The Morgan fingerprint density at radius 3 is 2.19 bits per heavy atom. The molecule has 6 heteroatoms. The van der Waals surface area contributed by atoms with E-state index in [0.717, 1.165) is 0 Å². The molecule has 2 N–H and O–H groups in total. The van der Waals surface area contributed by atoms with Crippen LogP contribution < -0.4 is 15.4 Å². The lowest BCUT2D eigenvalue weighted by Crippen LogP contribution is -2.20. The first kappa shape index (κ1) is 18.5. The Balaban J connectivity index is 1.56. The number of anilines is 2. The first-order valence-electron chi connectivity index (χ1n) is 8.25. The van der Waals surface area contributed by atoms with Crippen LogP contribution >= 0.6 is 11.6 Å². The number of hydrogen-bond donors (Lipinski definition) is 2. The maximum Gasteiger partial charge on any atom is 0.262 e. The topological polar surface area (TPSA) is 67.4 Å². The predicted molar refractivity (Wildman–Crippen MR) is 106 cm³/mol. The number of carbonyl (C=O) groups is 2. The van der Waals surface area contributed by atoms with Gasteiger partial charge in [-0.15, -0.1) is 0 Å². The van der Waals surface area contributed by atoms with Gasteiger partial charge in [0.25, 0.3) is 11.8 Å². The van der Waals surface area contributed by atoms with Crippen LogP contribution in [0.2, 0.25) is 5.02 Å². The zero-order valence-electron chi connectivity index (χ0n) is 14.3. The molecular formula is C21H17ClN2O3. The van der Waals surface area contributed by atoms with E-state index in [9.17, 15) is 9.59 Å². The first-order chi connectivity index (χ1) is 13.1. The van der Waals surface area contributed by atoms with Gasteiger partial charge in [0.1, 0.15) is 5.75 Å². The van der Waals surface area contributed by atoms with Gasteiger partial charge in [-0.05, 0) is 54.6 Å². The molecule has 0 atom stereocenters. The lowest BCUT2D eigenvalue weighted by Gasteiger charge is -2.10. The number of ether oxygens (including phenoxy) is 1. The number of benzene rings is 3. The summed E-state index contributed by atoms with van der Waals surface area (Å²) in [7, 11) is 0. The Hall–Kier alpha value is -3.31. The lowest BCUT2D eigenvalue weighted by molar-refractivity contribution is -0.118. The third-order valence-electron chi connectivity index (χ3n) is 3.62. The molecule has 0 fully saturated rings. The summed E-state index contributed by atoms with van der Waals surface area (Å²) in [6.07, 6.45) is 0. The molecule has 0 radical (unpaired) electrons. The predicted octanol–water partition coefficient (Wildman–Crippen LogP) is 4.61. The van der Waals surface area contributed by atoms with Crippen LogP contribution in [-0.2, 0) is 4.79 Å². The number of halogens is 1. The van der Waals surface area contributed by atoms with E-state index in [4.69, 9.17) is 16.3 Å². The Labute approximate surface area is 161 Å². The molecule has 136 valence electrons. The maximum absolute atomic E-state index is 12.2. The largest absolute Gasteiger partial charge is 0.484 e. The van der Waals surface area contributed by atoms with Crippen LogP contribution in [0.5, 0.6) is 5.75 Å². The summed E-state index contributed by atoms with van der Waals surface area (Å²) in [5.41, 5.74) is 1.70. The molecule has 0 aliphatic rings. The van der Waals surface area contributed by atoms with Gasteiger partial charge in [0.05, 0.1) is 0 Å². The molecule has 0 aliphatic heterocycles. The monoisotopic (exact) mass is 380 g/mol. The van der Waals surface area contributed by atoms with E-state index in [1.54, 1.807) is 72.8 Å². The highest BCUT2D eigenvalue weighted by atomic mass is 35.5. The van der Waals surface area contributed by atoms with Crippen molar-refractivity contribution < 1.29 is 14.3 Å². The van der Waals surface area contributed by atoms with E-state index in [2.05, 4.69) is 10.6 Å². The van der Waals surface area contributed by atoms with Crippen LogP contribution in [0.1, 0.15) is 10.4 Å². The minimum absolute atomic E-state index is 0.137. The molecule has 0 saturated heterocycles. The highest BCUT2D eigenvalue weighted by Crippen LogP contribution is 2.17. The molecule has 3 aromatic carbocycles. The Bertz CT molecular complexity index is 928. The fraction of sp³-hybridized carbons (Fsp3) is 0.0476. The highest BCUT2D eigenvalue weighted by Gasteiger charge is 2.07. The van der Waals surface area contributed by atoms with Crippen molar-refractivity contribution in [3.63, 3.8) is 0 Å². The van der Waals surface area contributed by atoms with Gasteiger partial charge in [0.15, 0.2) is 6.61 Å². The summed E-state index contributed by atoms with van der Waals surface area (Å²) >= 11 is 5.81. The highest BCUT2D eigenvalue weighted by molar-refractivity contribution is 6.30. The average Bonchev–Trinajstić information content (AvgIpc) is 2.68. The van der Waals surface area contributed by atoms with E-state index in [-0.39, 0.29) is 18.4 Å². The fourth-order valence-electron chi connectivity index (χ4n) is 2.34. The normalized spacial score (nSPS) is 10.1. The van der Waals surface area contributed by atoms with Gasteiger partial charge in [-0.1, -0.05) is 35.9 Å². The van der Waals surface area contributed by atoms with E-state index < -0.39 is 0 Å². The minimum Gasteiger partial charge on any atom is -0.484 e. The van der Waals surface area contributed by atoms with Crippen LogP contribution in [0.15, 0.2) is 78.9 Å². The van der Waals surface area contributed by atoms with Gasteiger partial charge in [0, 0.05) is 22.0 Å². The van der Waals surface area contributed by atoms with E-state index in [1.165, 1.54) is 0 Å². The van der Waals surface area contributed by atoms with Crippen LogP contribution in [-0.4, -0.2) is 18.4 Å². The van der Waals surface area contributed by atoms with Crippen LogP contribution in [0.3, 0.4) is 0 Å². The van der Waals surface area contributed by atoms with Crippen molar-refractivity contribution in [2.45, 2.75) is 0 Å². The molecule has 27 heavy (non-hydrogen) atoms. The lowest BCUT2D eigenvalue weighted by atomic mass is 10.2. The molecule has 3 aromatic rings. The molecule has 0 aliphatic carbocycles. The third kappa shape index (κ3) is 5.59. The van der Waals surface area contributed by atoms with Gasteiger partial charge in [-0.3, -0.25) is 9.59 Å². The van der Waals surface area contributed by atoms with Crippen molar-refractivity contribution in [2.24, 2.45) is 0 Å².